The minimum absolute atomic E-state index is 0.281. The van der Waals surface area contributed by atoms with Crippen LogP contribution in [0.2, 0.25) is 0 Å². The Hall–Kier alpha value is -0.340. The monoisotopic (exact) mass is 238 g/mol. The maximum Gasteiger partial charge on any atom is 0.171 e. The maximum absolute atomic E-state index is 6.01. The summed E-state index contributed by atoms with van der Waals surface area (Å²) in [5.74, 6) is 0.222. The summed E-state index contributed by atoms with van der Waals surface area (Å²) in [5.41, 5.74) is 1.58. The molecule has 1 saturated heterocycles. The van der Waals surface area contributed by atoms with Gasteiger partial charge in [-0.2, -0.15) is 0 Å². The van der Waals surface area contributed by atoms with Crippen molar-refractivity contribution in [3.63, 3.8) is 0 Å². The standard InChI is InChI=1S/C15H26O2/c1-12(2)6-7-13-14(3,4)8-5-9-15(13)16-10-11-17-15/h13H,1,5-11H2,2-4H3. The quantitative estimate of drug-likeness (QED) is 0.694. The van der Waals surface area contributed by atoms with Gasteiger partial charge >= 0.3 is 0 Å². The normalized spacial score (nSPS) is 30.6. The minimum atomic E-state index is -0.281. The van der Waals surface area contributed by atoms with Gasteiger partial charge in [-0.3, -0.25) is 0 Å². The van der Waals surface area contributed by atoms with E-state index in [1.54, 1.807) is 0 Å². The molecule has 1 spiro atoms. The lowest BCUT2D eigenvalue weighted by molar-refractivity contribution is -0.241. The number of rotatable bonds is 3. The van der Waals surface area contributed by atoms with Crippen LogP contribution < -0.4 is 0 Å². The van der Waals surface area contributed by atoms with E-state index >= 15 is 0 Å². The van der Waals surface area contributed by atoms with E-state index in [4.69, 9.17) is 9.47 Å². The van der Waals surface area contributed by atoms with E-state index in [1.165, 1.54) is 18.4 Å². The molecule has 1 aliphatic heterocycles. The Bertz CT molecular complexity index is 287. The number of hydrogen-bond acceptors (Lipinski definition) is 2. The van der Waals surface area contributed by atoms with Gasteiger partial charge in [0.2, 0.25) is 0 Å². The number of hydrogen-bond donors (Lipinski definition) is 0. The average molecular weight is 238 g/mol. The topological polar surface area (TPSA) is 18.5 Å². The Morgan fingerprint density at radius 2 is 1.88 bits per heavy atom. The lowest BCUT2D eigenvalue weighted by Crippen LogP contribution is -2.50. The molecule has 1 aliphatic carbocycles. The van der Waals surface area contributed by atoms with E-state index in [1.807, 2.05) is 0 Å². The van der Waals surface area contributed by atoms with Crippen LogP contribution in [0.5, 0.6) is 0 Å². The van der Waals surface area contributed by atoms with Crippen molar-refractivity contribution >= 4 is 0 Å². The third-order valence-corrected chi connectivity index (χ3v) is 4.46. The van der Waals surface area contributed by atoms with Gasteiger partial charge in [0, 0.05) is 12.3 Å². The molecule has 17 heavy (non-hydrogen) atoms. The zero-order valence-electron chi connectivity index (χ0n) is 11.6. The molecule has 98 valence electrons. The van der Waals surface area contributed by atoms with Gasteiger partial charge < -0.3 is 9.47 Å². The van der Waals surface area contributed by atoms with Crippen molar-refractivity contribution in [1.82, 2.24) is 0 Å². The van der Waals surface area contributed by atoms with Crippen molar-refractivity contribution in [3.05, 3.63) is 12.2 Å². The largest absolute Gasteiger partial charge is 0.347 e. The molecular weight excluding hydrogens is 212 g/mol. The van der Waals surface area contributed by atoms with Crippen LogP contribution in [0.4, 0.5) is 0 Å². The first-order chi connectivity index (χ1) is 7.96. The second-order valence-electron chi connectivity index (χ2n) is 6.40. The predicted octanol–water partition coefficient (Wildman–Crippen LogP) is 3.91. The molecule has 1 atom stereocenters. The highest BCUT2D eigenvalue weighted by atomic mass is 16.7. The van der Waals surface area contributed by atoms with Gasteiger partial charge in [-0.05, 0) is 38.0 Å². The molecule has 0 radical (unpaired) electrons. The van der Waals surface area contributed by atoms with Crippen molar-refractivity contribution in [3.8, 4) is 0 Å². The summed E-state index contributed by atoms with van der Waals surface area (Å²) in [6, 6.07) is 0. The van der Waals surface area contributed by atoms with Gasteiger partial charge in [-0.25, -0.2) is 0 Å². The fourth-order valence-corrected chi connectivity index (χ4v) is 3.55. The third kappa shape index (κ3) is 2.58. The smallest absolute Gasteiger partial charge is 0.171 e. The van der Waals surface area contributed by atoms with Crippen molar-refractivity contribution in [2.75, 3.05) is 13.2 Å². The van der Waals surface area contributed by atoms with E-state index in [9.17, 15) is 0 Å². The first kappa shape index (κ1) is 13.1. The summed E-state index contributed by atoms with van der Waals surface area (Å²) in [5, 5.41) is 0. The van der Waals surface area contributed by atoms with E-state index in [2.05, 4.69) is 27.4 Å². The molecule has 2 nitrogen and oxygen atoms in total. The zero-order valence-corrected chi connectivity index (χ0v) is 11.6. The van der Waals surface area contributed by atoms with Gasteiger partial charge in [-0.15, -0.1) is 6.58 Å². The van der Waals surface area contributed by atoms with Gasteiger partial charge in [0.15, 0.2) is 5.79 Å². The highest BCUT2D eigenvalue weighted by Crippen LogP contribution is 2.52. The first-order valence-corrected chi connectivity index (χ1v) is 6.89. The van der Waals surface area contributed by atoms with Crippen LogP contribution in [0.3, 0.4) is 0 Å². The number of ether oxygens (including phenoxy) is 2. The Morgan fingerprint density at radius 1 is 1.24 bits per heavy atom. The van der Waals surface area contributed by atoms with Crippen molar-refractivity contribution in [2.45, 2.75) is 58.7 Å². The highest BCUT2D eigenvalue weighted by Gasteiger charge is 2.52. The maximum atomic E-state index is 6.01. The molecule has 2 aliphatic rings. The Morgan fingerprint density at radius 3 is 2.47 bits per heavy atom. The lowest BCUT2D eigenvalue weighted by atomic mass is 9.64. The van der Waals surface area contributed by atoms with E-state index in [0.717, 1.165) is 32.5 Å². The molecule has 0 N–H and O–H groups in total. The Balaban J connectivity index is 2.15. The number of allylic oxidation sites excluding steroid dienone is 1. The molecule has 0 aromatic carbocycles. The highest BCUT2D eigenvalue weighted by molar-refractivity contribution is 4.99. The fourth-order valence-electron chi connectivity index (χ4n) is 3.55. The summed E-state index contributed by atoms with van der Waals surface area (Å²) in [7, 11) is 0. The first-order valence-electron chi connectivity index (χ1n) is 6.89. The van der Waals surface area contributed by atoms with Crippen LogP contribution in [-0.4, -0.2) is 19.0 Å². The second kappa shape index (κ2) is 4.74. The van der Waals surface area contributed by atoms with E-state index in [0.29, 0.717) is 11.3 Å². The van der Waals surface area contributed by atoms with Crippen molar-refractivity contribution in [1.29, 1.82) is 0 Å². The molecular formula is C15H26O2. The Labute approximate surface area is 105 Å². The summed E-state index contributed by atoms with van der Waals surface area (Å²) in [6.45, 7) is 12.4. The molecule has 0 aromatic heterocycles. The molecule has 1 heterocycles. The van der Waals surface area contributed by atoms with Crippen LogP contribution in [0, 0.1) is 11.3 Å². The molecule has 1 saturated carbocycles. The van der Waals surface area contributed by atoms with E-state index < -0.39 is 0 Å². The van der Waals surface area contributed by atoms with Crippen LogP contribution in [0.25, 0.3) is 0 Å². The van der Waals surface area contributed by atoms with Crippen LogP contribution >= 0.6 is 0 Å². The average Bonchev–Trinajstić information content (AvgIpc) is 2.65. The third-order valence-electron chi connectivity index (χ3n) is 4.46. The lowest BCUT2D eigenvalue weighted by Gasteiger charge is -2.49. The molecule has 0 aromatic rings. The molecule has 0 amide bonds. The SMILES string of the molecule is C=C(C)CCC1C(C)(C)CCCC12OCCO2. The summed E-state index contributed by atoms with van der Waals surface area (Å²) >= 11 is 0. The Kier molecular flexibility index (Phi) is 3.65. The van der Waals surface area contributed by atoms with Gasteiger partial charge in [-0.1, -0.05) is 19.4 Å². The van der Waals surface area contributed by atoms with Crippen molar-refractivity contribution in [2.24, 2.45) is 11.3 Å². The molecule has 1 unspecified atom stereocenters. The molecule has 0 bridgehead atoms. The van der Waals surface area contributed by atoms with Crippen LogP contribution in [-0.2, 0) is 9.47 Å². The summed E-state index contributed by atoms with van der Waals surface area (Å²) in [4.78, 5) is 0. The fraction of sp³-hybridized carbons (Fsp3) is 0.867. The van der Waals surface area contributed by atoms with Gasteiger partial charge in [0.1, 0.15) is 0 Å². The minimum Gasteiger partial charge on any atom is -0.347 e. The van der Waals surface area contributed by atoms with Gasteiger partial charge in [0.05, 0.1) is 13.2 Å². The summed E-state index contributed by atoms with van der Waals surface area (Å²) in [6.07, 6.45) is 5.79. The van der Waals surface area contributed by atoms with Crippen molar-refractivity contribution < 1.29 is 9.47 Å². The van der Waals surface area contributed by atoms with Crippen LogP contribution in [0.15, 0.2) is 12.2 Å². The van der Waals surface area contributed by atoms with Gasteiger partial charge in [0.25, 0.3) is 0 Å². The molecule has 2 heteroatoms. The second-order valence-corrected chi connectivity index (χ2v) is 6.40. The van der Waals surface area contributed by atoms with Crippen LogP contribution in [0.1, 0.15) is 52.9 Å². The predicted molar refractivity (Wildman–Crippen MR) is 69.8 cm³/mol. The molecule has 2 fully saturated rings. The zero-order chi connectivity index (χ0) is 12.5. The summed E-state index contributed by atoms with van der Waals surface area (Å²) < 4.78 is 12.0. The molecule has 2 rings (SSSR count). The van der Waals surface area contributed by atoms with E-state index in [-0.39, 0.29) is 5.79 Å².